The molecule has 0 nitrogen and oxygen atoms in total. The minimum Gasteiger partial charge on any atom is -0.131 e. The first-order valence-corrected chi connectivity index (χ1v) is 9.00. The van der Waals surface area contributed by atoms with Crippen LogP contribution in [0.15, 0.2) is 14.3 Å². The van der Waals surface area contributed by atoms with Crippen LogP contribution in [0.1, 0.15) is 48.7 Å². The van der Waals surface area contributed by atoms with Crippen molar-refractivity contribution < 1.29 is 0 Å². The zero-order valence-corrected chi connectivity index (χ0v) is 14.8. The maximum absolute atomic E-state index is 3.95. The van der Waals surface area contributed by atoms with Gasteiger partial charge in [0.2, 0.25) is 0 Å². The Morgan fingerprint density at radius 2 is 2.00 bits per heavy atom. The first kappa shape index (κ1) is 13.6. The average molecular weight is 431 g/mol. The molecule has 2 rings (SSSR count). The van der Waals surface area contributed by atoms with Gasteiger partial charge in [0.25, 0.3) is 0 Å². The predicted molar refractivity (Wildman–Crippen MR) is 82.6 cm³/mol. The van der Waals surface area contributed by atoms with Gasteiger partial charge in [-0.3, -0.25) is 0 Å². The van der Waals surface area contributed by atoms with E-state index in [1.165, 1.54) is 45.2 Å². The van der Waals surface area contributed by atoms with Crippen molar-refractivity contribution in [3.63, 3.8) is 0 Å². The van der Waals surface area contributed by atoms with Crippen LogP contribution in [0.3, 0.4) is 0 Å². The lowest BCUT2D eigenvalue weighted by atomic mass is 9.79. The highest BCUT2D eigenvalue weighted by atomic mass is 79.9. The topological polar surface area (TPSA) is 0 Å². The summed E-state index contributed by atoms with van der Waals surface area (Å²) in [5, 5.41) is 0. The molecule has 1 aliphatic rings. The Kier molecular flexibility index (Phi) is 4.59. The molecule has 1 aliphatic carbocycles. The van der Waals surface area contributed by atoms with E-state index in [0.29, 0.717) is 10.2 Å². The molecule has 1 heterocycles. The molecule has 0 saturated heterocycles. The maximum atomic E-state index is 3.95. The Morgan fingerprint density at radius 1 is 1.38 bits per heavy atom. The summed E-state index contributed by atoms with van der Waals surface area (Å²) in [6.07, 6.45) is 6.79. The summed E-state index contributed by atoms with van der Waals surface area (Å²) in [5.74, 6) is 0. The molecule has 1 atom stereocenters. The summed E-state index contributed by atoms with van der Waals surface area (Å²) < 4.78 is 2.39. The average Bonchev–Trinajstić information content (AvgIpc) is 2.87. The summed E-state index contributed by atoms with van der Waals surface area (Å²) in [5.41, 5.74) is 0.490. The lowest BCUT2D eigenvalue weighted by molar-refractivity contribution is 0.281. The van der Waals surface area contributed by atoms with E-state index in [9.17, 15) is 0 Å². The van der Waals surface area contributed by atoms with Gasteiger partial charge in [0.1, 0.15) is 0 Å². The molecule has 16 heavy (non-hydrogen) atoms. The molecule has 0 N–H and O–H groups in total. The smallest absolute Gasteiger partial charge is 0.0843 e. The molecule has 0 aliphatic heterocycles. The standard InChI is InChI=1S/C12H15Br3S/c1-2-12(5-3-4-6-12)10(14)9-7-8(13)11(15)16-9/h7,10H,2-6H2,1H3. The molecule has 0 amide bonds. The maximum Gasteiger partial charge on any atom is 0.0843 e. The number of rotatable bonds is 3. The van der Waals surface area contributed by atoms with Crippen molar-refractivity contribution in [3.05, 3.63) is 19.2 Å². The van der Waals surface area contributed by atoms with Crippen LogP contribution in [0.4, 0.5) is 0 Å². The quantitative estimate of drug-likeness (QED) is 0.469. The predicted octanol–water partition coefficient (Wildman–Crippen LogP) is 6.68. The summed E-state index contributed by atoms with van der Waals surface area (Å²) in [7, 11) is 0. The van der Waals surface area contributed by atoms with Gasteiger partial charge in [-0.25, -0.2) is 0 Å². The summed E-state index contributed by atoms with van der Waals surface area (Å²) in [4.78, 5) is 1.96. The van der Waals surface area contributed by atoms with E-state index in [0.717, 1.165) is 0 Å². The fourth-order valence-electron chi connectivity index (χ4n) is 2.66. The van der Waals surface area contributed by atoms with Crippen molar-refractivity contribution >= 4 is 59.1 Å². The van der Waals surface area contributed by atoms with Crippen molar-refractivity contribution in [1.29, 1.82) is 0 Å². The van der Waals surface area contributed by atoms with Gasteiger partial charge in [0.15, 0.2) is 0 Å². The lowest BCUT2D eigenvalue weighted by Gasteiger charge is -2.32. The number of hydrogen-bond donors (Lipinski definition) is 0. The van der Waals surface area contributed by atoms with Crippen LogP contribution in [0, 0.1) is 5.41 Å². The Hall–Kier alpha value is 1.14. The zero-order chi connectivity index (χ0) is 11.8. The van der Waals surface area contributed by atoms with Crippen molar-refractivity contribution in [2.24, 2.45) is 5.41 Å². The Morgan fingerprint density at radius 3 is 2.44 bits per heavy atom. The van der Waals surface area contributed by atoms with Crippen LogP contribution in [0.5, 0.6) is 0 Å². The molecule has 1 aromatic heterocycles. The summed E-state index contributed by atoms with van der Waals surface area (Å²) in [6, 6.07) is 2.25. The minimum absolute atomic E-state index is 0.490. The van der Waals surface area contributed by atoms with Gasteiger partial charge in [-0.1, -0.05) is 35.7 Å². The van der Waals surface area contributed by atoms with Crippen LogP contribution in [0.2, 0.25) is 0 Å². The minimum atomic E-state index is 0.490. The van der Waals surface area contributed by atoms with E-state index in [4.69, 9.17) is 0 Å². The van der Waals surface area contributed by atoms with Gasteiger partial charge in [-0.15, -0.1) is 11.3 Å². The number of halogens is 3. The normalized spacial score (nSPS) is 21.2. The molecular formula is C12H15Br3S. The molecule has 1 saturated carbocycles. The highest BCUT2D eigenvalue weighted by Crippen LogP contribution is 2.56. The van der Waals surface area contributed by atoms with Crippen molar-refractivity contribution in [1.82, 2.24) is 0 Å². The second-order valence-electron chi connectivity index (χ2n) is 4.56. The van der Waals surface area contributed by atoms with E-state index in [-0.39, 0.29) is 0 Å². The molecular weight excluding hydrogens is 416 g/mol. The number of alkyl halides is 1. The third-order valence-electron chi connectivity index (χ3n) is 3.76. The molecule has 1 unspecified atom stereocenters. The zero-order valence-electron chi connectivity index (χ0n) is 9.23. The second-order valence-corrected chi connectivity index (χ2v) is 8.73. The van der Waals surface area contributed by atoms with Gasteiger partial charge < -0.3 is 0 Å². The molecule has 1 fully saturated rings. The first-order valence-electron chi connectivity index (χ1n) is 5.68. The molecule has 0 bridgehead atoms. The van der Waals surface area contributed by atoms with Crippen LogP contribution < -0.4 is 0 Å². The molecule has 0 radical (unpaired) electrons. The van der Waals surface area contributed by atoms with E-state index in [2.05, 4.69) is 60.8 Å². The third-order valence-corrected chi connectivity index (χ3v) is 8.84. The largest absolute Gasteiger partial charge is 0.131 e. The Bertz CT molecular complexity index is 347. The van der Waals surface area contributed by atoms with Crippen LogP contribution in [-0.2, 0) is 0 Å². The number of hydrogen-bond acceptors (Lipinski definition) is 1. The monoisotopic (exact) mass is 428 g/mol. The summed E-state index contributed by atoms with van der Waals surface area (Å²) in [6.45, 7) is 2.33. The van der Waals surface area contributed by atoms with E-state index < -0.39 is 0 Å². The first-order chi connectivity index (χ1) is 7.59. The van der Waals surface area contributed by atoms with Gasteiger partial charge in [-0.2, -0.15) is 0 Å². The highest BCUT2D eigenvalue weighted by molar-refractivity contribution is 9.13. The Balaban J connectivity index is 2.26. The van der Waals surface area contributed by atoms with Crippen molar-refractivity contribution in [2.45, 2.75) is 43.9 Å². The van der Waals surface area contributed by atoms with E-state index in [1.54, 1.807) is 0 Å². The Labute approximate surface area is 127 Å². The van der Waals surface area contributed by atoms with Crippen molar-refractivity contribution in [3.8, 4) is 0 Å². The van der Waals surface area contributed by atoms with Crippen LogP contribution in [-0.4, -0.2) is 0 Å². The fraction of sp³-hybridized carbons (Fsp3) is 0.667. The van der Waals surface area contributed by atoms with Gasteiger partial charge in [0.05, 0.1) is 8.61 Å². The number of thiophene rings is 1. The van der Waals surface area contributed by atoms with Gasteiger partial charge in [-0.05, 0) is 62.6 Å². The molecule has 4 heteroatoms. The molecule has 0 spiro atoms. The SMILES string of the molecule is CCC1(C(Br)c2cc(Br)c(Br)s2)CCCC1. The van der Waals surface area contributed by atoms with Gasteiger partial charge in [0, 0.05) is 9.35 Å². The van der Waals surface area contributed by atoms with Crippen LogP contribution in [0.25, 0.3) is 0 Å². The fourth-order valence-corrected chi connectivity index (χ4v) is 6.06. The van der Waals surface area contributed by atoms with E-state index in [1.807, 2.05) is 11.3 Å². The van der Waals surface area contributed by atoms with Crippen LogP contribution >= 0.6 is 59.1 Å². The molecule has 1 aromatic rings. The molecule has 90 valence electrons. The molecule has 0 aromatic carbocycles. The van der Waals surface area contributed by atoms with Crippen molar-refractivity contribution in [2.75, 3.05) is 0 Å². The van der Waals surface area contributed by atoms with Gasteiger partial charge >= 0.3 is 0 Å². The second kappa shape index (κ2) is 5.41. The third kappa shape index (κ3) is 2.45. The summed E-state index contributed by atoms with van der Waals surface area (Å²) >= 11 is 13.0. The van der Waals surface area contributed by atoms with E-state index >= 15 is 0 Å². The highest BCUT2D eigenvalue weighted by Gasteiger charge is 2.39. The lowest BCUT2D eigenvalue weighted by Crippen LogP contribution is -2.20.